The molecule has 0 aliphatic rings. The van der Waals surface area contributed by atoms with Crippen LogP contribution in [0.2, 0.25) is 0 Å². The molecule has 2 rings (SSSR count). The van der Waals surface area contributed by atoms with Gasteiger partial charge in [0.25, 0.3) is 5.56 Å². The fraction of sp³-hybridized carbons (Fsp3) is 0.462. The summed E-state index contributed by atoms with van der Waals surface area (Å²) in [6.45, 7) is 2.16. The fourth-order valence-corrected chi connectivity index (χ4v) is 3.00. The number of fused-ring (bicyclic) bond motifs is 1. The van der Waals surface area contributed by atoms with E-state index in [2.05, 4.69) is 16.9 Å². The molecule has 21 heavy (non-hydrogen) atoms. The molecule has 106 valence electrons. The molecular formula is C13H18N2Na2O3S. The number of nitrogens with one attached hydrogen (secondary N) is 1. The summed E-state index contributed by atoms with van der Waals surface area (Å²) in [5.41, 5.74) is -0.376. The van der Waals surface area contributed by atoms with Gasteiger partial charge in [-0.25, -0.2) is 9.78 Å². The minimum atomic E-state index is -1.21. The van der Waals surface area contributed by atoms with Crippen LogP contribution in [0, 0.1) is 0 Å². The first-order valence-corrected chi connectivity index (χ1v) is 7.19. The maximum absolute atomic E-state index is 11.7. The number of unbranched alkanes of at least 4 members (excludes halogenated alkanes) is 3. The fourth-order valence-electron chi connectivity index (χ4n) is 1.93. The third-order valence-corrected chi connectivity index (χ3v) is 4.02. The van der Waals surface area contributed by atoms with Crippen LogP contribution < -0.4 is 5.56 Å². The summed E-state index contributed by atoms with van der Waals surface area (Å²) < 4.78 is 0. The number of carbonyl (C=O) groups is 1. The second kappa shape index (κ2) is 10.2. The summed E-state index contributed by atoms with van der Waals surface area (Å²) in [4.78, 5) is 30.4. The van der Waals surface area contributed by atoms with Crippen LogP contribution in [0.1, 0.15) is 48.1 Å². The Morgan fingerprint density at radius 2 is 2.05 bits per heavy atom. The van der Waals surface area contributed by atoms with Crippen molar-refractivity contribution in [2.24, 2.45) is 0 Å². The van der Waals surface area contributed by atoms with Gasteiger partial charge >= 0.3 is 65.1 Å². The Kier molecular flexibility index (Phi) is 10.3. The SMILES string of the molecule is CCCCCCc1cc2c(=O)[nH]c(C(=O)O)nc2s1.[NaH].[NaH]. The molecule has 2 N–H and O–H groups in total. The summed E-state index contributed by atoms with van der Waals surface area (Å²) >= 11 is 1.41. The number of nitrogens with zero attached hydrogens (tertiary/aromatic N) is 1. The number of aryl methyl sites for hydroxylation is 1. The standard InChI is InChI=1S/C13H16N2O3S.2Na.2H/c1-2-3-4-5-6-8-7-9-11(16)14-10(13(17)18)15-12(9)19-8;;;;/h7H,2-6H2,1H3,(H,17,18)(H,14,15,16);;;;. The van der Waals surface area contributed by atoms with E-state index in [1.54, 1.807) is 0 Å². The van der Waals surface area contributed by atoms with Gasteiger partial charge in [-0.3, -0.25) is 4.79 Å². The van der Waals surface area contributed by atoms with E-state index in [4.69, 9.17) is 5.11 Å². The summed E-state index contributed by atoms with van der Waals surface area (Å²) in [7, 11) is 0. The van der Waals surface area contributed by atoms with Crippen LogP contribution in [0.15, 0.2) is 10.9 Å². The minimum absolute atomic E-state index is 0. The van der Waals surface area contributed by atoms with E-state index in [-0.39, 0.29) is 70.5 Å². The number of aromatic carboxylic acids is 1. The van der Waals surface area contributed by atoms with Gasteiger partial charge in [0.15, 0.2) is 0 Å². The molecule has 2 aromatic rings. The molecule has 2 heterocycles. The first-order chi connectivity index (χ1) is 9.11. The Morgan fingerprint density at radius 3 is 2.67 bits per heavy atom. The molecule has 0 saturated carbocycles. The van der Waals surface area contributed by atoms with Gasteiger partial charge < -0.3 is 10.1 Å². The summed E-state index contributed by atoms with van der Waals surface area (Å²) in [6, 6.07) is 1.82. The average molecular weight is 328 g/mol. The summed E-state index contributed by atoms with van der Waals surface area (Å²) in [5, 5.41) is 9.33. The molecule has 0 bridgehead atoms. The van der Waals surface area contributed by atoms with Gasteiger partial charge in [-0.15, -0.1) is 11.3 Å². The predicted molar refractivity (Wildman–Crippen MR) is 89.3 cm³/mol. The van der Waals surface area contributed by atoms with Crippen LogP contribution in [0.5, 0.6) is 0 Å². The van der Waals surface area contributed by atoms with Gasteiger partial charge in [0.2, 0.25) is 5.82 Å². The molecule has 0 aliphatic carbocycles. The van der Waals surface area contributed by atoms with Gasteiger partial charge in [-0.1, -0.05) is 26.2 Å². The van der Waals surface area contributed by atoms with Crippen LogP contribution in [0.25, 0.3) is 10.2 Å². The zero-order valence-corrected chi connectivity index (χ0v) is 11.5. The van der Waals surface area contributed by atoms with Crippen molar-refractivity contribution in [1.29, 1.82) is 0 Å². The Bertz CT molecular complexity index is 654. The number of aromatic amines is 1. The van der Waals surface area contributed by atoms with E-state index in [9.17, 15) is 9.59 Å². The topological polar surface area (TPSA) is 83.0 Å². The van der Waals surface area contributed by atoms with E-state index in [1.165, 1.54) is 30.6 Å². The van der Waals surface area contributed by atoms with Crippen LogP contribution in [-0.2, 0) is 6.42 Å². The number of thiophene rings is 1. The van der Waals surface area contributed by atoms with Crippen molar-refractivity contribution in [3.05, 3.63) is 27.1 Å². The monoisotopic (exact) mass is 328 g/mol. The molecule has 0 saturated heterocycles. The third-order valence-electron chi connectivity index (χ3n) is 2.93. The molecule has 2 aromatic heterocycles. The quantitative estimate of drug-likeness (QED) is 0.622. The van der Waals surface area contributed by atoms with Crippen molar-refractivity contribution < 1.29 is 9.90 Å². The summed E-state index contributed by atoms with van der Waals surface area (Å²) in [6.07, 6.45) is 5.59. The summed E-state index contributed by atoms with van der Waals surface area (Å²) in [5.74, 6) is -1.51. The number of rotatable bonds is 6. The van der Waals surface area contributed by atoms with Crippen molar-refractivity contribution in [2.75, 3.05) is 0 Å². The number of carboxylic acids is 1. The molecule has 0 fully saturated rings. The van der Waals surface area contributed by atoms with E-state index >= 15 is 0 Å². The molecule has 8 heteroatoms. The molecule has 5 nitrogen and oxygen atoms in total. The van der Waals surface area contributed by atoms with Crippen molar-refractivity contribution in [1.82, 2.24) is 9.97 Å². The van der Waals surface area contributed by atoms with Crippen LogP contribution in [0.4, 0.5) is 0 Å². The van der Waals surface area contributed by atoms with Crippen molar-refractivity contribution >= 4 is 86.6 Å². The molecule has 0 radical (unpaired) electrons. The zero-order chi connectivity index (χ0) is 13.8. The molecule has 0 spiro atoms. The molecular weight excluding hydrogens is 310 g/mol. The zero-order valence-electron chi connectivity index (χ0n) is 10.7. The Balaban J connectivity index is 0.00000200. The average Bonchev–Trinajstić information content (AvgIpc) is 2.78. The normalized spacial score (nSPS) is 9.95. The van der Waals surface area contributed by atoms with E-state index < -0.39 is 5.97 Å². The van der Waals surface area contributed by atoms with E-state index in [0.29, 0.717) is 10.2 Å². The third kappa shape index (κ3) is 5.78. The molecule has 0 unspecified atom stereocenters. The Morgan fingerprint density at radius 1 is 1.33 bits per heavy atom. The van der Waals surface area contributed by atoms with Crippen molar-refractivity contribution in [2.45, 2.75) is 39.0 Å². The van der Waals surface area contributed by atoms with Gasteiger partial charge in [0.05, 0.1) is 5.39 Å². The number of hydrogen-bond acceptors (Lipinski definition) is 4. The molecule has 0 aliphatic heterocycles. The first-order valence-electron chi connectivity index (χ1n) is 6.38. The predicted octanol–water partition coefficient (Wildman–Crippen LogP) is 1.51. The van der Waals surface area contributed by atoms with Gasteiger partial charge in [-0.2, -0.15) is 0 Å². The number of H-pyrrole nitrogens is 1. The number of carboxylic acid groups (broad SMARTS) is 1. The Hall–Kier alpha value is 0.310. The van der Waals surface area contributed by atoms with Gasteiger partial charge in [-0.05, 0) is 18.9 Å². The number of aromatic nitrogens is 2. The molecule has 0 atom stereocenters. The van der Waals surface area contributed by atoms with E-state index in [0.717, 1.165) is 17.7 Å². The Labute approximate surface area is 171 Å². The second-order valence-electron chi connectivity index (χ2n) is 4.46. The first kappa shape index (κ1) is 21.3. The molecule has 0 aromatic carbocycles. The van der Waals surface area contributed by atoms with Crippen LogP contribution in [0.3, 0.4) is 0 Å². The molecule has 0 amide bonds. The maximum atomic E-state index is 11.7. The number of hydrogen-bond donors (Lipinski definition) is 2. The van der Waals surface area contributed by atoms with Gasteiger partial charge in [0, 0.05) is 4.88 Å². The van der Waals surface area contributed by atoms with Gasteiger partial charge in [0.1, 0.15) is 4.83 Å². The van der Waals surface area contributed by atoms with Crippen molar-refractivity contribution in [3.8, 4) is 0 Å². The second-order valence-corrected chi connectivity index (χ2v) is 5.58. The van der Waals surface area contributed by atoms with E-state index in [1.807, 2.05) is 6.07 Å². The van der Waals surface area contributed by atoms with Crippen LogP contribution in [-0.4, -0.2) is 80.2 Å². The van der Waals surface area contributed by atoms with Crippen molar-refractivity contribution in [3.63, 3.8) is 0 Å². The van der Waals surface area contributed by atoms with Crippen LogP contribution >= 0.6 is 11.3 Å².